The zero-order valence-electron chi connectivity index (χ0n) is 12.0. The second kappa shape index (κ2) is 6.00. The maximum atomic E-state index is 12.0. The predicted octanol–water partition coefficient (Wildman–Crippen LogP) is 3.38. The normalized spacial score (nSPS) is 10.5. The number of imidazole rings is 1. The van der Waals surface area contributed by atoms with Gasteiger partial charge in [0.15, 0.2) is 0 Å². The lowest BCUT2D eigenvalue weighted by molar-refractivity contribution is -0.116. The first kappa shape index (κ1) is 14.3. The standard InChI is InChI=1S/C16H14N4OS/c1-10-12-8-11(2-3-13(12)22-14(10)9-17)20-16(21)5-4-15-18-6-7-19-15/h2-3,6-8H,4-5H2,1H3,(H,18,19)(H,20,21). The summed E-state index contributed by atoms with van der Waals surface area (Å²) in [4.78, 5) is 19.8. The lowest BCUT2D eigenvalue weighted by Gasteiger charge is -2.05. The van der Waals surface area contributed by atoms with Crippen LogP contribution in [0.1, 0.15) is 22.7 Å². The van der Waals surface area contributed by atoms with Crippen LogP contribution in [0.5, 0.6) is 0 Å². The molecule has 0 bridgehead atoms. The van der Waals surface area contributed by atoms with Crippen molar-refractivity contribution < 1.29 is 4.79 Å². The zero-order chi connectivity index (χ0) is 15.5. The number of carbonyl (C=O) groups excluding carboxylic acids is 1. The molecule has 1 aromatic carbocycles. The Morgan fingerprint density at radius 3 is 3.09 bits per heavy atom. The highest BCUT2D eigenvalue weighted by atomic mass is 32.1. The van der Waals surface area contributed by atoms with Crippen molar-refractivity contribution in [2.75, 3.05) is 5.32 Å². The summed E-state index contributed by atoms with van der Waals surface area (Å²) in [6.45, 7) is 1.93. The molecule has 22 heavy (non-hydrogen) atoms. The number of nitrogens with zero attached hydrogens (tertiary/aromatic N) is 2. The topological polar surface area (TPSA) is 81.6 Å². The molecule has 0 unspecified atom stereocenters. The number of aromatic nitrogens is 2. The van der Waals surface area contributed by atoms with E-state index in [1.54, 1.807) is 12.4 Å². The number of anilines is 1. The van der Waals surface area contributed by atoms with Crippen LogP contribution in [-0.4, -0.2) is 15.9 Å². The molecule has 0 radical (unpaired) electrons. The maximum absolute atomic E-state index is 12.0. The number of thiophene rings is 1. The number of H-pyrrole nitrogens is 1. The fraction of sp³-hybridized carbons (Fsp3) is 0.188. The van der Waals surface area contributed by atoms with Crippen LogP contribution in [-0.2, 0) is 11.2 Å². The van der Waals surface area contributed by atoms with Crippen LogP contribution < -0.4 is 5.32 Å². The number of amides is 1. The summed E-state index contributed by atoms with van der Waals surface area (Å²) in [6, 6.07) is 7.93. The number of fused-ring (bicyclic) bond motifs is 1. The van der Waals surface area contributed by atoms with Gasteiger partial charge in [0.25, 0.3) is 0 Å². The molecule has 2 heterocycles. The number of aryl methyl sites for hydroxylation is 2. The lowest BCUT2D eigenvalue weighted by atomic mass is 10.1. The quantitative estimate of drug-likeness (QED) is 0.775. The van der Waals surface area contributed by atoms with Gasteiger partial charge in [-0.2, -0.15) is 5.26 Å². The van der Waals surface area contributed by atoms with E-state index in [0.717, 1.165) is 32.0 Å². The molecule has 0 aliphatic rings. The van der Waals surface area contributed by atoms with Crippen LogP contribution in [0.2, 0.25) is 0 Å². The second-order valence-corrected chi connectivity index (χ2v) is 6.02. The van der Waals surface area contributed by atoms with Gasteiger partial charge in [-0.25, -0.2) is 4.98 Å². The highest BCUT2D eigenvalue weighted by Gasteiger charge is 2.10. The largest absolute Gasteiger partial charge is 0.349 e. The summed E-state index contributed by atoms with van der Waals surface area (Å²) in [5.74, 6) is 0.752. The minimum atomic E-state index is -0.0517. The Morgan fingerprint density at radius 1 is 1.50 bits per heavy atom. The van der Waals surface area contributed by atoms with Crippen molar-refractivity contribution in [3.05, 3.63) is 46.9 Å². The molecule has 2 aromatic heterocycles. The minimum absolute atomic E-state index is 0.0517. The fourth-order valence-corrected chi connectivity index (χ4v) is 3.28. The monoisotopic (exact) mass is 310 g/mol. The Morgan fingerprint density at radius 2 is 2.36 bits per heavy atom. The summed E-state index contributed by atoms with van der Waals surface area (Å²) in [5, 5.41) is 13.0. The molecule has 0 spiro atoms. The van der Waals surface area contributed by atoms with Gasteiger partial charge in [0.05, 0.1) is 0 Å². The van der Waals surface area contributed by atoms with E-state index in [0.29, 0.717) is 12.8 Å². The first-order valence-corrected chi connectivity index (χ1v) is 7.70. The number of nitriles is 1. The molecule has 0 atom stereocenters. The van der Waals surface area contributed by atoms with Gasteiger partial charge in [-0.05, 0) is 36.1 Å². The van der Waals surface area contributed by atoms with Gasteiger partial charge in [-0.15, -0.1) is 11.3 Å². The molecule has 2 N–H and O–H groups in total. The number of rotatable bonds is 4. The molecule has 110 valence electrons. The van der Waals surface area contributed by atoms with Crippen molar-refractivity contribution in [1.29, 1.82) is 5.26 Å². The van der Waals surface area contributed by atoms with Crippen LogP contribution >= 0.6 is 11.3 Å². The molecule has 1 amide bonds. The van der Waals surface area contributed by atoms with Crippen LogP contribution in [0, 0.1) is 18.3 Å². The SMILES string of the molecule is Cc1c(C#N)sc2ccc(NC(=O)CCc3ncc[nH]3)cc12. The summed E-state index contributed by atoms with van der Waals surface area (Å²) >= 11 is 1.47. The van der Waals surface area contributed by atoms with Crippen molar-refractivity contribution in [3.63, 3.8) is 0 Å². The van der Waals surface area contributed by atoms with E-state index in [1.165, 1.54) is 11.3 Å². The number of aromatic amines is 1. The Kier molecular flexibility index (Phi) is 3.90. The zero-order valence-corrected chi connectivity index (χ0v) is 12.8. The van der Waals surface area contributed by atoms with Gasteiger partial charge in [-0.1, -0.05) is 0 Å². The van der Waals surface area contributed by atoms with Crippen molar-refractivity contribution in [3.8, 4) is 6.07 Å². The summed E-state index contributed by atoms with van der Waals surface area (Å²) in [6.07, 6.45) is 4.37. The van der Waals surface area contributed by atoms with Gasteiger partial charge in [-0.3, -0.25) is 4.79 Å². The molecule has 0 saturated carbocycles. The van der Waals surface area contributed by atoms with E-state index in [2.05, 4.69) is 21.4 Å². The van der Waals surface area contributed by atoms with Crippen LogP contribution in [0.15, 0.2) is 30.6 Å². The minimum Gasteiger partial charge on any atom is -0.349 e. The summed E-state index contributed by atoms with van der Waals surface area (Å²) in [5.41, 5.74) is 1.72. The van der Waals surface area contributed by atoms with E-state index in [-0.39, 0.29) is 5.91 Å². The smallest absolute Gasteiger partial charge is 0.224 e. The number of carbonyl (C=O) groups is 1. The summed E-state index contributed by atoms with van der Waals surface area (Å²) in [7, 11) is 0. The van der Waals surface area contributed by atoms with Crippen LogP contribution in [0.3, 0.4) is 0 Å². The first-order valence-electron chi connectivity index (χ1n) is 6.88. The Balaban J connectivity index is 1.72. The average molecular weight is 310 g/mol. The fourth-order valence-electron chi connectivity index (χ4n) is 2.30. The molecule has 6 heteroatoms. The Hall–Kier alpha value is -2.65. The van der Waals surface area contributed by atoms with E-state index in [9.17, 15) is 4.79 Å². The molecule has 5 nitrogen and oxygen atoms in total. The predicted molar refractivity (Wildman–Crippen MR) is 86.8 cm³/mol. The van der Waals surface area contributed by atoms with Gasteiger partial charge in [0, 0.05) is 35.6 Å². The highest BCUT2D eigenvalue weighted by Crippen LogP contribution is 2.32. The molecule has 0 aliphatic heterocycles. The third kappa shape index (κ3) is 2.85. The van der Waals surface area contributed by atoms with Crippen molar-refractivity contribution >= 4 is 33.0 Å². The summed E-state index contributed by atoms with van der Waals surface area (Å²) < 4.78 is 1.06. The van der Waals surface area contributed by atoms with Crippen molar-refractivity contribution in [2.45, 2.75) is 19.8 Å². The molecule has 0 fully saturated rings. The van der Waals surface area contributed by atoms with E-state index in [1.807, 2.05) is 25.1 Å². The van der Waals surface area contributed by atoms with Crippen molar-refractivity contribution in [2.24, 2.45) is 0 Å². The van der Waals surface area contributed by atoms with Crippen molar-refractivity contribution in [1.82, 2.24) is 9.97 Å². The third-order valence-electron chi connectivity index (χ3n) is 3.47. The maximum Gasteiger partial charge on any atom is 0.224 e. The highest BCUT2D eigenvalue weighted by molar-refractivity contribution is 7.19. The van der Waals surface area contributed by atoms with Gasteiger partial charge >= 0.3 is 0 Å². The number of nitrogens with one attached hydrogen (secondary N) is 2. The molecule has 3 rings (SSSR count). The lowest BCUT2D eigenvalue weighted by Crippen LogP contribution is -2.12. The molecule has 0 saturated heterocycles. The number of benzene rings is 1. The van der Waals surface area contributed by atoms with Gasteiger partial charge < -0.3 is 10.3 Å². The number of hydrogen-bond donors (Lipinski definition) is 2. The van der Waals surface area contributed by atoms with E-state index in [4.69, 9.17) is 5.26 Å². The molecule has 0 aliphatic carbocycles. The third-order valence-corrected chi connectivity index (χ3v) is 4.64. The van der Waals surface area contributed by atoms with E-state index < -0.39 is 0 Å². The van der Waals surface area contributed by atoms with Gasteiger partial charge in [0.2, 0.25) is 5.91 Å². The van der Waals surface area contributed by atoms with Crippen LogP contribution in [0.4, 0.5) is 5.69 Å². The van der Waals surface area contributed by atoms with Gasteiger partial charge in [0.1, 0.15) is 16.8 Å². The van der Waals surface area contributed by atoms with E-state index >= 15 is 0 Å². The number of hydrogen-bond acceptors (Lipinski definition) is 4. The first-order chi connectivity index (χ1) is 10.7. The molecule has 3 aromatic rings. The molecular weight excluding hydrogens is 296 g/mol. The second-order valence-electron chi connectivity index (χ2n) is 4.96. The molecular formula is C16H14N4OS. The van der Waals surface area contributed by atoms with Crippen LogP contribution in [0.25, 0.3) is 10.1 Å². The average Bonchev–Trinajstić information content (AvgIpc) is 3.14. The Bertz CT molecular complexity index is 858. The Labute approximate surface area is 131 Å².